The first-order valence-electron chi connectivity index (χ1n) is 6.30. The molecule has 0 aliphatic carbocycles. The molecule has 1 aromatic carbocycles. The van der Waals surface area contributed by atoms with E-state index in [1.165, 1.54) is 0 Å². The molecule has 0 saturated carbocycles. The van der Waals surface area contributed by atoms with Gasteiger partial charge in [-0.25, -0.2) is 4.98 Å². The molecule has 0 bridgehead atoms. The molecule has 0 fully saturated rings. The summed E-state index contributed by atoms with van der Waals surface area (Å²) in [5, 5.41) is 3.07. The lowest BCUT2D eigenvalue weighted by atomic mass is 9.93. The van der Waals surface area contributed by atoms with Gasteiger partial charge in [-0.05, 0) is 18.6 Å². The van der Waals surface area contributed by atoms with Crippen molar-refractivity contribution in [1.29, 1.82) is 0 Å². The number of nitrogens with two attached hydrogens (primary N) is 1. The second kappa shape index (κ2) is 5.21. The molecule has 0 saturated heterocycles. The number of anilines is 1. The van der Waals surface area contributed by atoms with Gasteiger partial charge in [0.05, 0.1) is 11.4 Å². The van der Waals surface area contributed by atoms with Gasteiger partial charge in [0.2, 0.25) is 0 Å². The molecule has 19 heavy (non-hydrogen) atoms. The monoisotopic (exact) mass is 276 g/mol. The summed E-state index contributed by atoms with van der Waals surface area (Å²) >= 11 is 1.63. The van der Waals surface area contributed by atoms with Crippen molar-refractivity contribution in [3.63, 3.8) is 0 Å². The van der Waals surface area contributed by atoms with E-state index in [0.717, 1.165) is 22.0 Å². The fraction of sp³-hybridized carbons (Fsp3) is 0.400. The van der Waals surface area contributed by atoms with E-state index in [2.05, 4.69) is 31.1 Å². The van der Waals surface area contributed by atoms with Crippen LogP contribution < -0.4 is 10.5 Å². The van der Waals surface area contributed by atoms with Crippen molar-refractivity contribution in [2.45, 2.75) is 39.7 Å². The van der Waals surface area contributed by atoms with Crippen LogP contribution >= 0.6 is 11.3 Å². The average Bonchev–Trinajstić information content (AvgIpc) is 2.79. The van der Waals surface area contributed by atoms with Crippen LogP contribution in [-0.4, -0.2) is 4.98 Å². The van der Waals surface area contributed by atoms with Crippen LogP contribution in [0.1, 0.15) is 37.0 Å². The van der Waals surface area contributed by atoms with Gasteiger partial charge in [0.1, 0.15) is 17.4 Å². The molecule has 0 unspecified atom stereocenters. The van der Waals surface area contributed by atoms with Crippen LogP contribution in [0.3, 0.4) is 0 Å². The minimum Gasteiger partial charge on any atom is -0.484 e. The minimum absolute atomic E-state index is 0.0805. The van der Waals surface area contributed by atoms with E-state index in [0.29, 0.717) is 12.3 Å². The third kappa shape index (κ3) is 3.26. The first-order valence-corrected chi connectivity index (χ1v) is 7.18. The molecule has 0 atom stereocenters. The van der Waals surface area contributed by atoms with E-state index < -0.39 is 0 Å². The summed E-state index contributed by atoms with van der Waals surface area (Å²) in [7, 11) is 0. The lowest BCUT2D eigenvalue weighted by molar-refractivity contribution is 0.306. The van der Waals surface area contributed by atoms with Crippen LogP contribution in [-0.2, 0) is 12.0 Å². The van der Waals surface area contributed by atoms with Crippen LogP contribution in [0.2, 0.25) is 0 Å². The number of nitrogens with zero attached hydrogens (tertiary/aromatic N) is 1. The topological polar surface area (TPSA) is 48.1 Å². The Labute approximate surface area is 118 Å². The van der Waals surface area contributed by atoms with Crippen molar-refractivity contribution in [1.82, 2.24) is 4.98 Å². The van der Waals surface area contributed by atoms with E-state index in [1.807, 2.05) is 25.1 Å². The van der Waals surface area contributed by atoms with Crippen molar-refractivity contribution in [2.24, 2.45) is 0 Å². The normalized spacial score (nSPS) is 11.6. The Morgan fingerprint density at radius 3 is 2.68 bits per heavy atom. The molecule has 0 aliphatic heterocycles. The molecular weight excluding hydrogens is 256 g/mol. The van der Waals surface area contributed by atoms with Gasteiger partial charge in [0.15, 0.2) is 0 Å². The number of hydrogen-bond donors (Lipinski definition) is 1. The first kappa shape index (κ1) is 13.9. The van der Waals surface area contributed by atoms with Crippen molar-refractivity contribution in [3.8, 4) is 5.75 Å². The number of rotatable bonds is 3. The highest BCUT2D eigenvalue weighted by Gasteiger charge is 2.17. The summed E-state index contributed by atoms with van der Waals surface area (Å²) in [4.78, 5) is 4.60. The Morgan fingerprint density at radius 2 is 2.05 bits per heavy atom. The van der Waals surface area contributed by atoms with Gasteiger partial charge in [0.25, 0.3) is 0 Å². The number of para-hydroxylation sites is 1. The van der Waals surface area contributed by atoms with Crippen molar-refractivity contribution in [2.75, 3.05) is 5.73 Å². The van der Waals surface area contributed by atoms with Gasteiger partial charge in [0, 0.05) is 10.8 Å². The SMILES string of the molecule is Cc1cccc(OCc2nc(C(C)(C)C)cs2)c1N. The summed E-state index contributed by atoms with van der Waals surface area (Å²) in [5.41, 5.74) is 8.90. The molecule has 1 aromatic heterocycles. The Kier molecular flexibility index (Phi) is 3.80. The van der Waals surface area contributed by atoms with Crippen LogP contribution in [0.15, 0.2) is 23.6 Å². The van der Waals surface area contributed by atoms with Gasteiger partial charge in [-0.3, -0.25) is 0 Å². The standard InChI is InChI=1S/C15H20N2OS/c1-10-6-5-7-11(14(10)16)18-8-13-17-12(9-19-13)15(2,3)4/h5-7,9H,8,16H2,1-4H3. The second-order valence-electron chi connectivity index (χ2n) is 5.65. The third-order valence-corrected chi connectivity index (χ3v) is 3.78. The Hall–Kier alpha value is -1.55. The fourth-order valence-corrected chi connectivity index (χ4v) is 2.57. The molecule has 0 amide bonds. The van der Waals surface area contributed by atoms with Crippen molar-refractivity contribution >= 4 is 17.0 Å². The fourth-order valence-electron chi connectivity index (χ4n) is 1.64. The van der Waals surface area contributed by atoms with Crippen LogP contribution in [0.4, 0.5) is 5.69 Å². The molecule has 2 rings (SSSR count). The summed E-state index contributed by atoms with van der Waals surface area (Å²) in [6, 6.07) is 5.81. The molecule has 102 valence electrons. The lowest BCUT2D eigenvalue weighted by Crippen LogP contribution is -2.11. The first-order chi connectivity index (χ1) is 8.88. The molecule has 0 aliphatic rings. The van der Waals surface area contributed by atoms with Crippen LogP contribution in [0, 0.1) is 6.92 Å². The Morgan fingerprint density at radius 1 is 1.32 bits per heavy atom. The predicted molar refractivity (Wildman–Crippen MR) is 80.7 cm³/mol. The molecule has 2 N–H and O–H groups in total. The van der Waals surface area contributed by atoms with Gasteiger partial charge < -0.3 is 10.5 Å². The van der Waals surface area contributed by atoms with Crippen molar-refractivity contribution < 1.29 is 4.74 Å². The molecule has 4 heteroatoms. The van der Waals surface area contributed by atoms with Gasteiger partial charge in [-0.2, -0.15) is 0 Å². The number of aryl methyl sites for hydroxylation is 1. The van der Waals surface area contributed by atoms with Gasteiger partial charge >= 0.3 is 0 Å². The maximum atomic E-state index is 5.98. The summed E-state index contributed by atoms with van der Waals surface area (Å²) in [5.74, 6) is 0.729. The van der Waals surface area contributed by atoms with E-state index >= 15 is 0 Å². The molecule has 1 heterocycles. The zero-order valence-corrected chi connectivity index (χ0v) is 12.7. The number of hydrogen-bond acceptors (Lipinski definition) is 4. The number of benzene rings is 1. The lowest BCUT2D eigenvalue weighted by Gasteiger charge is -2.14. The third-order valence-electron chi connectivity index (χ3n) is 2.96. The summed E-state index contributed by atoms with van der Waals surface area (Å²) < 4.78 is 5.75. The highest BCUT2D eigenvalue weighted by molar-refractivity contribution is 7.09. The largest absolute Gasteiger partial charge is 0.484 e. The predicted octanol–water partition coefficient (Wildman–Crippen LogP) is 3.91. The van der Waals surface area contributed by atoms with E-state index in [9.17, 15) is 0 Å². The number of thiazole rings is 1. The second-order valence-corrected chi connectivity index (χ2v) is 6.59. The van der Waals surface area contributed by atoms with E-state index in [4.69, 9.17) is 10.5 Å². The molecule has 3 nitrogen and oxygen atoms in total. The smallest absolute Gasteiger partial charge is 0.143 e. The maximum Gasteiger partial charge on any atom is 0.143 e. The van der Waals surface area contributed by atoms with Gasteiger partial charge in [-0.1, -0.05) is 32.9 Å². The highest BCUT2D eigenvalue weighted by Crippen LogP contribution is 2.27. The number of aromatic nitrogens is 1. The summed E-state index contributed by atoms with van der Waals surface area (Å²) in [6.45, 7) is 8.92. The quantitative estimate of drug-likeness (QED) is 0.865. The van der Waals surface area contributed by atoms with Crippen LogP contribution in [0.5, 0.6) is 5.75 Å². The average molecular weight is 276 g/mol. The maximum absolute atomic E-state index is 5.98. The molecular formula is C15H20N2OS. The minimum atomic E-state index is 0.0805. The number of nitrogen functional groups attached to an aromatic ring is 1. The summed E-state index contributed by atoms with van der Waals surface area (Å²) in [6.07, 6.45) is 0. The molecule has 2 aromatic rings. The zero-order valence-electron chi connectivity index (χ0n) is 11.9. The molecule has 0 spiro atoms. The Balaban J connectivity index is 2.07. The molecule has 0 radical (unpaired) electrons. The van der Waals surface area contributed by atoms with Gasteiger partial charge in [-0.15, -0.1) is 11.3 Å². The van der Waals surface area contributed by atoms with E-state index in [1.54, 1.807) is 11.3 Å². The van der Waals surface area contributed by atoms with E-state index in [-0.39, 0.29) is 5.41 Å². The highest BCUT2D eigenvalue weighted by atomic mass is 32.1. The van der Waals surface area contributed by atoms with Crippen LogP contribution in [0.25, 0.3) is 0 Å². The zero-order chi connectivity index (χ0) is 14.0. The number of ether oxygens (including phenoxy) is 1. The Bertz CT molecular complexity index is 570. The van der Waals surface area contributed by atoms with Crippen molar-refractivity contribution in [3.05, 3.63) is 39.8 Å².